The monoisotopic (exact) mass is 333 g/mol. The summed E-state index contributed by atoms with van der Waals surface area (Å²) < 4.78 is 6.69. The zero-order valence-corrected chi connectivity index (χ0v) is 13.1. The SMILES string of the molecule is CN(Cc1cc(Br)cs1)CC1(CO)CCCOC1. The van der Waals surface area contributed by atoms with Crippen LogP contribution in [0.25, 0.3) is 0 Å². The van der Waals surface area contributed by atoms with Crippen LogP contribution in [-0.4, -0.2) is 43.4 Å². The first-order valence-corrected chi connectivity index (χ1v) is 7.91. The third-order valence-corrected chi connectivity index (χ3v) is 5.07. The van der Waals surface area contributed by atoms with Crippen molar-refractivity contribution in [3.05, 3.63) is 20.8 Å². The molecule has 102 valence electrons. The largest absolute Gasteiger partial charge is 0.396 e. The number of nitrogens with zero attached hydrogens (tertiary/aromatic N) is 1. The molecule has 1 saturated heterocycles. The summed E-state index contributed by atoms with van der Waals surface area (Å²) in [6.07, 6.45) is 2.11. The van der Waals surface area contributed by atoms with Crippen LogP contribution in [0.4, 0.5) is 0 Å². The van der Waals surface area contributed by atoms with Gasteiger partial charge in [-0.15, -0.1) is 11.3 Å². The Morgan fingerprint density at radius 2 is 2.44 bits per heavy atom. The van der Waals surface area contributed by atoms with Gasteiger partial charge in [-0.25, -0.2) is 0 Å². The first kappa shape index (κ1) is 14.5. The number of rotatable bonds is 5. The number of halogens is 1. The summed E-state index contributed by atoms with van der Waals surface area (Å²) in [5, 5.41) is 11.8. The number of ether oxygens (including phenoxy) is 1. The van der Waals surface area contributed by atoms with E-state index in [4.69, 9.17) is 4.74 Å². The van der Waals surface area contributed by atoms with Crippen molar-refractivity contribution >= 4 is 27.3 Å². The molecular formula is C13H20BrNO2S. The van der Waals surface area contributed by atoms with E-state index in [0.717, 1.165) is 37.0 Å². The van der Waals surface area contributed by atoms with Crippen LogP contribution in [0.5, 0.6) is 0 Å². The summed E-state index contributed by atoms with van der Waals surface area (Å²) in [5.41, 5.74) is -0.0680. The lowest BCUT2D eigenvalue weighted by Gasteiger charge is -2.38. The second-order valence-electron chi connectivity index (χ2n) is 5.22. The van der Waals surface area contributed by atoms with Crippen LogP contribution in [0.2, 0.25) is 0 Å². The average Bonchev–Trinajstić information content (AvgIpc) is 2.75. The molecule has 1 aliphatic rings. The zero-order valence-electron chi connectivity index (χ0n) is 10.7. The Bertz CT molecular complexity index is 377. The van der Waals surface area contributed by atoms with Gasteiger partial charge in [0.2, 0.25) is 0 Å². The normalized spacial score (nSPS) is 24.7. The highest BCUT2D eigenvalue weighted by Gasteiger charge is 2.33. The fraction of sp³-hybridized carbons (Fsp3) is 0.692. The molecule has 0 saturated carbocycles. The summed E-state index contributed by atoms with van der Waals surface area (Å²) in [5.74, 6) is 0. The number of hydrogen-bond donors (Lipinski definition) is 1. The summed E-state index contributed by atoms with van der Waals surface area (Å²) in [4.78, 5) is 3.62. The molecule has 1 atom stereocenters. The Balaban J connectivity index is 1.90. The van der Waals surface area contributed by atoms with Crippen LogP contribution in [0.15, 0.2) is 15.9 Å². The molecule has 2 heterocycles. The smallest absolute Gasteiger partial charge is 0.0556 e. The average molecular weight is 334 g/mol. The maximum Gasteiger partial charge on any atom is 0.0556 e. The van der Waals surface area contributed by atoms with E-state index >= 15 is 0 Å². The summed E-state index contributed by atoms with van der Waals surface area (Å²) >= 11 is 5.24. The minimum Gasteiger partial charge on any atom is -0.396 e. The Morgan fingerprint density at radius 1 is 1.61 bits per heavy atom. The van der Waals surface area contributed by atoms with E-state index in [0.29, 0.717) is 6.61 Å². The second kappa shape index (κ2) is 6.48. The molecule has 0 aromatic carbocycles. The van der Waals surface area contributed by atoms with Crippen molar-refractivity contribution in [2.45, 2.75) is 19.4 Å². The lowest BCUT2D eigenvalue weighted by Crippen LogP contribution is -2.44. The van der Waals surface area contributed by atoms with Gasteiger partial charge in [0.15, 0.2) is 0 Å². The van der Waals surface area contributed by atoms with Crippen molar-refractivity contribution < 1.29 is 9.84 Å². The topological polar surface area (TPSA) is 32.7 Å². The lowest BCUT2D eigenvalue weighted by atomic mass is 9.83. The van der Waals surface area contributed by atoms with Gasteiger partial charge in [0.1, 0.15) is 0 Å². The van der Waals surface area contributed by atoms with Crippen LogP contribution in [0.1, 0.15) is 17.7 Å². The van der Waals surface area contributed by atoms with Crippen molar-refractivity contribution in [2.24, 2.45) is 5.41 Å². The standard InChI is InChI=1S/C13H20BrNO2S/c1-15(6-12-5-11(14)7-18-12)8-13(9-16)3-2-4-17-10-13/h5,7,16H,2-4,6,8-10H2,1H3. The molecule has 2 rings (SSSR count). The van der Waals surface area contributed by atoms with Crippen molar-refractivity contribution in [1.82, 2.24) is 4.90 Å². The number of thiophene rings is 1. The van der Waals surface area contributed by atoms with E-state index < -0.39 is 0 Å². The van der Waals surface area contributed by atoms with Crippen molar-refractivity contribution in [3.63, 3.8) is 0 Å². The molecule has 1 unspecified atom stereocenters. The van der Waals surface area contributed by atoms with Gasteiger partial charge in [0.05, 0.1) is 13.2 Å². The molecule has 1 aliphatic heterocycles. The lowest BCUT2D eigenvalue weighted by molar-refractivity contribution is -0.0530. The number of hydrogen-bond acceptors (Lipinski definition) is 4. The van der Waals surface area contributed by atoms with Gasteiger partial charge in [0.25, 0.3) is 0 Å². The van der Waals surface area contributed by atoms with Crippen molar-refractivity contribution in [3.8, 4) is 0 Å². The Morgan fingerprint density at radius 3 is 3.00 bits per heavy atom. The molecule has 1 N–H and O–H groups in total. The highest BCUT2D eigenvalue weighted by atomic mass is 79.9. The van der Waals surface area contributed by atoms with Gasteiger partial charge in [-0.3, -0.25) is 0 Å². The molecule has 1 fully saturated rings. The molecule has 1 aromatic rings. The van der Waals surface area contributed by atoms with Crippen LogP contribution in [0, 0.1) is 5.41 Å². The molecule has 0 aliphatic carbocycles. The Kier molecular flexibility index (Phi) is 5.21. The van der Waals surface area contributed by atoms with Crippen LogP contribution < -0.4 is 0 Å². The third kappa shape index (κ3) is 3.78. The summed E-state index contributed by atoms with van der Waals surface area (Å²) in [6.45, 7) is 3.55. The molecule has 0 radical (unpaired) electrons. The fourth-order valence-corrected chi connectivity index (χ4v) is 4.07. The van der Waals surface area contributed by atoms with E-state index in [9.17, 15) is 5.11 Å². The third-order valence-electron chi connectivity index (χ3n) is 3.39. The molecule has 18 heavy (non-hydrogen) atoms. The minimum absolute atomic E-state index is 0.0680. The molecule has 0 spiro atoms. The minimum atomic E-state index is -0.0680. The van der Waals surface area contributed by atoms with Crippen molar-refractivity contribution in [2.75, 3.05) is 33.4 Å². The second-order valence-corrected chi connectivity index (χ2v) is 7.13. The quantitative estimate of drug-likeness (QED) is 0.899. The predicted octanol–water partition coefficient (Wildman–Crippen LogP) is 2.73. The fourth-order valence-electron chi connectivity index (χ4n) is 2.54. The van der Waals surface area contributed by atoms with E-state index in [1.807, 2.05) is 0 Å². The molecule has 1 aromatic heterocycles. The number of aliphatic hydroxyl groups excluding tert-OH is 1. The first-order valence-electron chi connectivity index (χ1n) is 6.24. The Hall–Kier alpha value is 0.0600. The van der Waals surface area contributed by atoms with E-state index in [-0.39, 0.29) is 12.0 Å². The molecule has 3 nitrogen and oxygen atoms in total. The van der Waals surface area contributed by atoms with Crippen LogP contribution >= 0.6 is 27.3 Å². The van der Waals surface area contributed by atoms with Gasteiger partial charge < -0.3 is 14.7 Å². The maximum absolute atomic E-state index is 9.65. The van der Waals surface area contributed by atoms with Gasteiger partial charge >= 0.3 is 0 Å². The van der Waals surface area contributed by atoms with Gasteiger partial charge in [-0.2, -0.15) is 0 Å². The van der Waals surface area contributed by atoms with Crippen LogP contribution in [0.3, 0.4) is 0 Å². The van der Waals surface area contributed by atoms with Crippen LogP contribution in [-0.2, 0) is 11.3 Å². The summed E-state index contributed by atoms with van der Waals surface area (Å²) in [6, 6.07) is 2.16. The number of aliphatic hydroxyl groups is 1. The van der Waals surface area contributed by atoms with Crippen molar-refractivity contribution in [1.29, 1.82) is 0 Å². The first-order chi connectivity index (χ1) is 8.63. The highest BCUT2D eigenvalue weighted by molar-refractivity contribution is 9.10. The molecule has 5 heteroatoms. The Labute approximate surface area is 121 Å². The van der Waals surface area contributed by atoms with Gasteiger partial charge in [0, 0.05) is 39.8 Å². The zero-order chi connectivity index (χ0) is 13.0. The molecular weight excluding hydrogens is 314 g/mol. The van der Waals surface area contributed by atoms with Gasteiger partial charge in [-0.05, 0) is 41.9 Å². The van der Waals surface area contributed by atoms with E-state index in [1.165, 1.54) is 4.88 Å². The summed E-state index contributed by atoms with van der Waals surface area (Å²) in [7, 11) is 2.11. The van der Waals surface area contributed by atoms with E-state index in [2.05, 4.69) is 39.3 Å². The van der Waals surface area contributed by atoms with Gasteiger partial charge in [-0.1, -0.05) is 0 Å². The van der Waals surface area contributed by atoms with E-state index in [1.54, 1.807) is 11.3 Å². The predicted molar refractivity (Wildman–Crippen MR) is 77.9 cm³/mol. The molecule has 0 amide bonds. The highest BCUT2D eigenvalue weighted by Crippen LogP contribution is 2.30. The molecule has 0 bridgehead atoms. The maximum atomic E-state index is 9.65.